The van der Waals surface area contributed by atoms with E-state index in [0.717, 1.165) is 11.8 Å². The Morgan fingerprint density at radius 1 is 1.14 bits per heavy atom. The van der Waals surface area contributed by atoms with E-state index >= 15 is 0 Å². The average molecular weight is 298 g/mol. The molecule has 0 atom stereocenters. The van der Waals surface area contributed by atoms with Gasteiger partial charge in [0.2, 0.25) is 0 Å². The van der Waals surface area contributed by atoms with Gasteiger partial charge in [-0.25, -0.2) is 0 Å². The first kappa shape index (κ1) is 17.0. The van der Waals surface area contributed by atoms with E-state index in [9.17, 15) is 0 Å². The number of hydrogen-bond acceptors (Lipinski definition) is 1. The number of allylic oxidation sites excluding steroid dienone is 2. The second kappa shape index (κ2) is 9.63. The monoisotopic (exact) mass is 298 g/mol. The zero-order valence-electron chi connectivity index (χ0n) is 14.0. The summed E-state index contributed by atoms with van der Waals surface area (Å²) in [6.45, 7) is 7.21. The number of unbranched alkanes of at least 4 members (excludes halogenated alkanes) is 1. The molecule has 1 aromatic carbocycles. The van der Waals surface area contributed by atoms with Crippen LogP contribution < -0.4 is 0 Å². The van der Waals surface area contributed by atoms with Crippen LogP contribution in [0.3, 0.4) is 0 Å². The first-order valence-corrected chi connectivity index (χ1v) is 8.77. The molecule has 0 amide bonds. The van der Waals surface area contributed by atoms with Crippen LogP contribution in [0.4, 0.5) is 0 Å². The van der Waals surface area contributed by atoms with Crippen LogP contribution in [0.2, 0.25) is 0 Å². The maximum atomic E-state index is 5.49. The molecule has 22 heavy (non-hydrogen) atoms. The summed E-state index contributed by atoms with van der Waals surface area (Å²) in [5, 5.41) is 0. The van der Waals surface area contributed by atoms with Gasteiger partial charge in [0.15, 0.2) is 0 Å². The molecule has 0 radical (unpaired) electrons. The topological polar surface area (TPSA) is 9.23 Å². The SMILES string of the molecule is C=CCOCc1ccc([C@H]2CC[C@H](C=CCCC)CC2)cc1. The van der Waals surface area contributed by atoms with E-state index in [1.165, 1.54) is 49.7 Å². The van der Waals surface area contributed by atoms with Gasteiger partial charge < -0.3 is 4.74 Å². The maximum absolute atomic E-state index is 5.49. The minimum Gasteiger partial charge on any atom is -0.373 e. The predicted octanol–water partition coefficient (Wildman–Crippen LogP) is 6.02. The molecule has 1 aromatic rings. The first-order chi connectivity index (χ1) is 10.8. The molecule has 0 bridgehead atoms. The normalized spacial score (nSPS) is 22.0. The second-order valence-electron chi connectivity index (χ2n) is 6.37. The summed E-state index contributed by atoms with van der Waals surface area (Å²) in [6, 6.07) is 9.02. The molecular formula is C21H30O. The molecule has 1 aliphatic carbocycles. The Kier molecular flexibility index (Phi) is 7.45. The van der Waals surface area contributed by atoms with E-state index in [2.05, 4.69) is 49.9 Å². The molecule has 0 aromatic heterocycles. The molecule has 1 aliphatic rings. The fourth-order valence-corrected chi connectivity index (χ4v) is 3.25. The van der Waals surface area contributed by atoms with E-state index in [-0.39, 0.29) is 0 Å². The number of hydrogen-bond donors (Lipinski definition) is 0. The third-order valence-electron chi connectivity index (χ3n) is 4.59. The fourth-order valence-electron chi connectivity index (χ4n) is 3.25. The average Bonchev–Trinajstić information content (AvgIpc) is 2.57. The van der Waals surface area contributed by atoms with Gasteiger partial charge in [0.05, 0.1) is 13.2 Å². The minimum atomic E-state index is 0.622. The van der Waals surface area contributed by atoms with Crippen molar-refractivity contribution in [3.05, 3.63) is 60.2 Å². The minimum absolute atomic E-state index is 0.622. The van der Waals surface area contributed by atoms with Crippen molar-refractivity contribution in [2.75, 3.05) is 6.61 Å². The van der Waals surface area contributed by atoms with Crippen molar-refractivity contribution in [1.82, 2.24) is 0 Å². The molecule has 1 saturated carbocycles. The van der Waals surface area contributed by atoms with Crippen molar-refractivity contribution in [1.29, 1.82) is 0 Å². The van der Waals surface area contributed by atoms with Crippen molar-refractivity contribution in [2.45, 2.75) is 58.0 Å². The Balaban J connectivity index is 1.79. The van der Waals surface area contributed by atoms with Gasteiger partial charge in [0.25, 0.3) is 0 Å². The number of ether oxygens (including phenoxy) is 1. The quantitative estimate of drug-likeness (QED) is 0.421. The van der Waals surface area contributed by atoms with E-state index in [0.29, 0.717) is 13.2 Å². The molecular weight excluding hydrogens is 268 g/mol. The van der Waals surface area contributed by atoms with Crippen LogP contribution in [0.25, 0.3) is 0 Å². The van der Waals surface area contributed by atoms with Gasteiger partial charge in [-0.05, 0) is 55.1 Å². The smallest absolute Gasteiger partial charge is 0.0721 e. The number of rotatable bonds is 8. The Labute approximate surface area is 136 Å². The first-order valence-electron chi connectivity index (χ1n) is 8.77. The Morgan fingerprint density at radius 3 is 2.50 bits per heavy atom. The van der Waals surface area contributed by atoms with Gasteiger partial charge in [0, 0.05) is 0 Å². The summed E-state index contributed by atoms with van der Waals surface area (Å²) in [7, 11) is 0. The van der Waals surface area contributed by atoms with Gasteiger partial charge in [-0.15, -0.1) is 6.58 Å². The lowest BCUT2D eigenvalue weighted by atomic mass is 9.78. The highest BCUT2D eigenvalue weighted by Crippen LogP contribution is 2.36. The highest BCUT2D eigenvalue weighted by atomic mass is 16.5. The maximum Gasteiger partial charge on any atom is 0.0721 e. The summed E-state index contributed by atoms with van der Waals surface area (Å²) in [4.78, 5) is 0. The van der Waals surface area contributed by atoms with Crippen LogP contribution in [0.5, 0.6) is 0 Å². The lowest BCUT2D eigenvalue weighted by molar-refractivity contribution is 0.149. The Hall–Kier alpha value is -1.34. The summed E-state index contributed by atoms with van der Waals surface area (Å²) < 4.78 is 5.49. The summed E-state index contributed by atoms with van der Waals surface area (Å²) in [5.41, 5.74) is 2.75. The van der Waals surface area contributed by atoms with Crippen LogP contribution in [-0.2, 0) is 11.3 Å². The van der Waals surface area contributed by atoms with Gasteiger partial charge >= 0.3 is 0 Å². The summed E-state index contributed by atoms with van der Waals surface area (Å²) in [6.07, 6.45) is 14.5. The standard InChI is InChI=1S/C21H30O/c1-3-5-6-7-18-8-12-20(13-9-18)21-14-10-19(11-15-21)17-22-16-4-2/h4,6-7,10-11,14-15,18,20H,2-3,5,8-9,12-13,16-17H2,1H3/t18-,20-. The van der Waals surface area contributed by atoms with E-state index in [4.69, 9.17) is 4.74 Å². The van der Waals surface area contributed by atoms with Crippen molar-refractivity contribution in [3.63, 3.8) is 0 Å². The third kappa shape index (κ3) is 5.46. The largest absolute Gasteiger partial charge is 0.373 e. The molecule has 2 rings (SSSR count). The van der Waals surface area contributed by atoms with Crippen molar-refractivity contribution in [2.24, 2.45) is 5.92 Å². The van der Waals surface area contributed by atoms with Crippen LogP contribution in [-0.4, -0.2) is 6.61 Å². The summed E-state index contributed by atoms with van der Waals surface area (Å²) in [5.74, 6) is 1.56. The Morgan fingerprint density at radius 2 is 1.86 bits per heavy atom. The van der Waals surface area contributed by atoms with Crippen LogP contribution in [0.1, 0.15) is 62.5 Å². The predicted molar refractivity (Wildman–Crippen MR) is 95.0 cm³/mol. The molecule has 120 valence electrons. The van der Waals surface area contributed by atoms with E-state index in [1.807, 2.05) is 0 Å². The van der Waals surface area contributed by atoms with Crippen molar-refractivity contribution in [3.8, 4) is 0 Å². The third-order valence-corrected chi connectivity index (χ3v) is 4.59. The van der Waals surface area contributed by atoms with Crippen molar-refractivity contribution >= 4 is 0 Å². The van der Waals surface area contributed by atoms with Gasteiger partial charge in [0.1, 0.15) is 0 Å². The van der Waals surface area contributed by atoms with E-state index in [1.54, 1.807) is 6.08 Å². The fraction of sp³-hybridized carbons (Fsp3) is 0.524. The van der Waals surface area contributed by atoms with Gasteiger partial charge in [-0.2, -0.15) is 0 Å². The zero-order chi connectivity index (χ0) is 15.6. The molecule has 0 unspecified atom stereocenters. The zero-order valence-corrected chi connectivity index (χ0v) is 14.0. The molecule has 1 heteroatoms. The van der Waals surface area contributed by atoms with Crippen molar-refractivity contribution < 1.29 is 4.74 Å². The molecule has 0 N–H and O–H groups in total. The van der Waals surface area contributed by atoms with E-state index < -0.39 is 0 Å². The molecule has 0 spiro atoms. The molecule has 0 saturated heterocycles. The molecule has 1 nitrogen and oxygen atoms in total. The van der Waals surface area contributed by atoms with Crippen LogP contribution in [0, 0.1) is 5.92 Å². The second-order valence-corrected chi connectivity index (χ2v) is 6.37. The lowest BCUT2D eigenvalue weighted by Gasteiger charge is -2.27. The van der Waals surface area contributed by atoms with Gasteiger partial charge in [-0.1, -0.05) is 55.8 Å². The Bertz CT molecular complexity index is 449. The lowest BCUT2D eigenvalue weighted by Crippen LogP contribution is -2.11. The summed E-state index contributed by atoms with van der Waals surface area (Å²) >= 11 is 0. The highest BCUT2D eigenvalue weighted by molar-refractivity contribution is 5.25. The van der Waals surface area contributed by atoms with Gasteiger partial charge in [-0.3, -0.25) is 0 Å². The molecule has 1 fully saturated rings. The molecule has 0 heterocycles. The van der Waals surface area contributed by atoms with Crippen LogP contribution >= 0.6 is 0 Å². The highest BCUT2D eigenvalue weighted by Gasteiger charge is 2.20. The molecule has 0 aliphatic heterocycles. The number of benzene rings is 1. The van der Waals surface area contributed by atoms with Crippen LogP contribution in [0.15, 0.2) is 49.1 Å².